The first-order valence-corrected chi connectivity index (χ1v) is 7.41. The van der Waals surface area contributed by atoms with Crippen LogP contribution in [0.2, 0.25) is 0 Å². The number of carboxylic acid groups (broad SMARTS) is 1. The molecule has 122 valence electrons. The number of hydrogen-bond acceptors (Lipinski definition) is 3. The van der Waals surface area contributed by atoms with E-state index in [0.717, 1.165) is 10.9 Å². The molecule has 0 fully saturated rings. The summed E-state index contributed by atoms with van der Waals surface area (Å²) in [6.07, 6.45) is 0.940. The number of benzene rings is 2. The van der Waals surface area contributed by atoms with Crippen LogP contribution in [-0.4, -0.2) is 22.2 Å². The highest BCUT2D eigenvalue weighted by atomic mass is 16.5. The minimum absolute atomic E-state index is 0.0751. The number of carboxylic acids is 1. The van der Waals surface area contributed by atoms with E-state index < -0.39 is 18.1 Å². The van der Waals surface area contributed by atoms with Crippen molar-refractivity contribution < 1.29 is 19.4 Å². The number of fused-ring (bicyclic) bond motifs is 1. The number of nitrogens with one attached hydrogen (secondary N) is 2. The minimum atomic E-state index is -1.20. The van der Waals surface area contributed by atoms with Crippen LogP contribution in [0.25, 0.3) is 10.9 Å². The molecule has 6 heteroatoms. The van der Waals surface area contributed by atoms with Gasteiger partial charge in [-0.25, -0.2) is 9.59 Å². The molecule has 1 unspecified atom stereocenters. The second kappa shape index (κ2) is 6.87. The normalized spacial score (nSPS) is 11.8. The van der Waals surface area contributed by atoms with Gasteiger partial charge in [0.15, 0.2) is 6.04 Å². The maximum Gasteiger partial charge on any atom is 0.408 e. The number of amides is 1. The van der Waals surface area contributed by atoms with Gasteiger partial charge < -0.3 is 20.1 Å². The second-order valence-electron chi connectivity index (χ2n) is 5.27. The number of aromatic amines is 1. The highest BCUT2D eigenvalue weighted by Crippen LogP contribution is 2.23. The van der Waals surface area contributed by atoms with Crippen molar-refractivity contribution >= 4 is 23.0 Å². The second-order valence-corrected chi connectivity index (χ2v) is 5.27. The van der Waals surface area contributed by atoms with E-state index in [0.29, 0.717) is 11.1 Å². The third-order valence-electron chi connectivity index (χ3n) is 3.65. The molecule has 0 radical (unpaired) electrons. The van der Waals surface area contributed by atoms with Gasteiger partial charge in [0, 0.05) is 11.8 Å². The first-order valence-electron chi connectivity index (χ1n) is 7.41. The van der Waals surface area contributed by atoms with Gasteiger partial charge in [0.25, 0.3) is 0 Å². The fraction of sp³-hybridized carbons (Fsp3) is 0.111. The number of H-pyrrole nitrogens is 1. The minimum Gasteiger partial charge on any atom is -0.479 e. The molecule has 0 saturated carbocycles. The zero-order chi connectivity index (χ0) is 16.9. The molecular weight excluding hydrogens is 308 g/mol. The lowest BCUT2D eigenvalue weighted by atomic mass is 10.0. The van der Waals surface area contributed by atoms with E-state index in [9.17, 15) is 14.7 Å². The van der Waals surface area contributed by atoms with Gasteiger partial charge >= 0.3 is 12.1 Å². The number of hydrogen-bond donors (Lipinski definition) is 3. The third-order valence-corrected chi connectivity index (χ3v) is 3.65. The standard InChI is InChI=1S/C18H16N2O4/c21-17(22)16(14-8-4-7-13-9-10-19-15(13)14)20-18(23)24-11-12-5-2-1-3-6-12/h1-10,16,19H,11H2,(H,20,23)(H,21,22). The van der Waals surface area contributed by atoms with Crippen LogP contribution in [0.4, 0.5) is 4.79 Å². The Balaban J connectivity index is 1.73. The van der Waals surface area contributed by atoms with Gasteiger partial charge in [-0.2, -0.15) is 0 Å². The van der Waals surface area contributed by atoms with Crippen LogP contribution in [0.5, 0.6) is 0 Å². The highest BCUT2D eigenvalue weighted by Gasteiger charge is 2.25. The number of aliphatic carboxylic acids is 1. The van der Waals surface area contributed by atoms with Crippen LogP contribution in [0.15, 0.2) is 60.8 Å². The van der Waals surface area contributed by atoms with E-state index in [4.69, 9.17) is 4.74 Å². The smallest absolute Gasteiger partial charge is 0.408 e. The topological polar surface area (TPSA) is 91.4 Å². The zero-order valence-electron chi connectivity index (χ0n) is 12.7. The number of aromatic nitrogens is 1. The summed E-state index contributed by atoms with van der Waals surface area (Å²) in [7, 11) is 0. The van der Waals surface area contributed by atoms with Gasteiger partial charge in [0.1, 0.15) is 6.61 Å². The summed E-state index contributed by atoms with van der Waals surface area (Å²) >= 11 is 0. The molecule has 24 heavy (non-hydrogen) atoms. The molecule has 6 nitrogen and oxygen atoms in total. The molecule has 1 atom stereocenters. The van der Waals surface area contributed by atoms with Gasteiger partial charge in [-0.05, 0) is 17.0 Å². The quantitative estimate of drug-likeness (QED) is 0.672. The summed E-state index contributed by atoms with van der Waals surface area (Å²) in [5.41, 5.74) is 1.97. The summed E-state index contributed by atoms with van der Waals surface area (Å²) < 4.78 is 5.10. The van der Waals surface area contributed by atoms with Crippen LogP contribution in [0, 0.1) is 0 Å². The Kier molecular flexibility index (Phi) is 4.47. The Morgan fingerprint density at radius 3 is 2.62 bits per heavy atom. The average Bonchev–Trinajstić information content (AvgIpc) is 3.07. The van der Waals surface area contributed by atoms with Gasteiger partial charge in [0.05, 0.1) is 5.52 Å². The molecule has 1 heterocycles. The van der Waals surface area contributed by atoms with E-state index in [2.05, 4.69) is 10.3 Å². The summed E-state index contributed by atoms with van der Waals surface area (Å²) in [6, 6.07) is 15.1. The molecule has 0 aliphatic rings. The average molecular weight is 324 g/mol. The first kappa shape index (κ1) is 15.6. The molecule has 3 N–H and O–H groups in total. The number of rotatable bonds is 5. The summed E-state index contributed by atoms with van der Waals surface area (Å²) in [5, 5.41) is 12.8. The SMILES string of the molecule is O=C(NC(C(=O)O)c1cccc2cc[nH]c12)OCc1ccccc1. The number of para-hydroxylation sites is 1. The predicted octanol–water partition coefficient (Wildman–Crippen LogP) is 3.22. The molecule has 1 amide bonds. The molecule has 2 aromatic carbocycles. The van der Waals surface area contributed by atoms with Gasteiger partial charge in [-0.3, -0.25) is 0 Å². The van der Waals surface area contributed by atoms with E-state index in [1.807, 2.05) is 42.5 Å². The lowest BCUT2D eigenvalue weighted by Crippen LogP contribution is -2.34. The molecule has 3 rings (SSSR count). The first-order chi connectivity index (χ1) is 11.6. The molecule has 1 aromatic heterocycles. The Morgan fingerprint density at radius 1 is 1.08 bits per heavy atom. The van der Waals surface area contributed by atoms with E-state index in [1.54, 1.807) is 18.3 Å². The fourth-order valence-electron chi connectivity index (χ4n) is 2.50. The number of alkyl carbamates (subject to hydrolysis) is 1. The summed E-state index contributed by atoms with van der Waals surface area (Å²) in [5.74, 6) is -1.16. The van der Waals surface area contributed by atoms with Gasteiger partial charge in [0.2, 0.25) is 0 Å². The lowest BCUT2D eigenvalue weighted by Gasteiger charge is -2.16. The van der Waals surface area contributed by atoms with Crippen molar-refractivity contribution in [3.8, 4) is 0 Å². The van der Waals surface area contributed by atoms with Crippen LogP contribution in [0.3, 0.4) is 0 Å². The van der Waals surface area contributed by atoms with Crippen molar-refractivity contribution in [3.63, 3.8) is 0 Å². The zero-order valence-corrected chi connectivity index (χ0v) is 12.7. The van der Waals surface area contributed by atoms with Crippen LogP contribution >= 0.6 is 0 Å². The maximum atomic E-state index is 12.0. The van der Waals surface area contributed by atoms with Crippen LogP contribution in [-0.2, 0) is 16.1 Å². The molecule has 0 aliphatic carbocycles. The number of carbonyl (C=O) groups excluding carboxylic acids is 1. The largest absolute Gasteiger partial charge is 0.479 e. The van der Waals surface area contributed by atoms with E-state index >= 15 is 0 Å². The van der Waals surface area contributed by atoms with Crippen LogP contribution < -0.4 is 5.32 Å². The lowest BCUT2D eigenvalue weighted by molar-refractivity contribution is -0.139. The Morgan fingerprint density at radius 2 is 1.88 bits per heavy atom. The third kappa shape index (κ3) is 3.38. The van der Waals surface area contributed by atoms with Crippen molar-refractivity contribution in [1.82, 2.24) is 10.3 Å². The molecule has 0 saturated heterocycles. The Hall–Kier alpha value is -3.28. The van der Waals surface area contributed by atoms with E-state index in [-0.39, 0.29) is 6.61 Å². The summed E-state index contributed by atoms with van der Waals surface area (Å²) in [6.45, 7) is 0.0751. The number of ether oxygens (including phenoxy) is 1. The number of carbonyl (C=O) groups is 2. The van der Waals surface area contributed by atoms with Gasteiger partial charge in [-0.15, -0.1) is 0 Å². The molecule has 0 aliphatic heterocycles. The Bertz CT molecular complexity index is 858. The van der Waals surface area contributed by atoms with Crippen molar-refractivity contribution in [2.45, 2.75) is 12.6 Å². The van der Waals surface area contributed by atoms with Crippen molar-refractivity contribution in [1.29, 1.82) is 0 Å². The molecular formula is C18H16N2O4. The molecule has 0 spiro atoms. The monoisotopic (exact) mass is 324 g/mol. The highest BCUT2D eigenvalue weighted by molar-refractivity contribution is 5.90. The van der Waals surface area contributed by atoms with Crippen molar-refractivity contribution in [2.75, 3.05) is 0 Å². The fourth-order valence-corrected chi connectivity index (χ4v) is 2.50. The predicted molar refractivity (Wildman–Crippen MR) is 88.4 cm³/mol. The Labute approximate surface area is 138 Å². The summed E-state index contributed by atoms with van der Waals surface area (Å²) in [4.78, 5) is 26.6. The maximum absolute atomic E-state index is 12.0. The van der Waals surface area contributed by atoms with Crippen molar-refractivity contribution in [2.24, 2.45) is 0 Å². The molecule has 3 aromatic rings. The van der Waals surface area contributed by atoms with Crippen LogP contribution in [0.1, 0.15) is 17.2 Å². The van der Waals surface area contributed by atoms with E-state index in [1.165, 1.54) is 0 Å². The van der Waals surface area contributed by atoms with Crippen molar-refractivity contribution in [3.05, 3.63) is 71.9 Å². The van der Waals surface area contributed by atoms with Gasteiger partial charge in [-0.1, -0.05) is 48.5 Å². The molecule has 0 bridgehead atoms.